The lowest BCUT2D eigenvalue weighted by Crippen LogP contribution is -1.99. The zero-order chi connectivity index (χ0) is 16.6. The first-order chi connectivity index (χ1) is 11.8. The highest BCUT2D eigenvalue weighted by atomic mass is 32.1. The number of allylic oxidation sites excluding steroid dienone is 1. The number of aliphatic imine (C=N–C) groups is 1. The van der Waals surface area contributed by atoms with Gasteiger partial charge in [0, 0.05) is 11.1 Å². The van der Waals surface area contributed by atoms with Gasteiger partial charge in [0.25, 0.3) is 0 Å². The first kappa shape index (κ1) is 16.2. The second kappa shape index (κ2) is 8.26. The van der Waals surface area contributed by atoms with E-state index in [4.69, 9.17) is 4.74 Å². The molecule has 24 heavy (non-hydrogen) atoms. The number of benzene rings is 2. The van der Waals surface area contributed by atoms with Crippen molar-refractivity contribution in [3.8, 4) is 17.6 Å². The summed E-state index contributed by atoms with van der Waals surface area (Å²) in [5.74, 6) is 7.18. The van der Waals surface area contributed by atoms with Crippen LogP contribution in [0, 0.1) is 11.8 Å². The first-order valence-electron chi connectivity index (χ1n) is 7.94. The fraction of sp³-hybridized carbons (Fsp3) is 0.190. The lowest BCUT2D eigenvalue weighted by Gasteiger charge is -2.06. The SMILES string of the molecule is S=C=Nc1ccc(C#Cc2ccc(OCC3=CCCC3)cc2)cc1. The third-order valence-corrected chi connectivity index (χ3v) is 3.90. The van der Waals surface area contributed by atoms with E-state index in [0.717, 1.165) is 29.0 Å². The summed E-state index contributed by atoms with van der Waals surface area (Å²) in [5, 5.41) is 2.35. The van der Waals surface area contributed by atoms with E-state index in [1.165, 1.54) is 18.4 Å². The summed E-state index contributed by atoms with van der Waals surface area (Å²) in [6, 6.07) is 15.5. The molecule has 0 saturated carbocycles. The number of nitrogens with zero attached hydrogens (tertiary/aromatic N) is 1. The van der Waals surface area contributed by atoms with E-state index in [1.807, 2.05) is 48.5 Å². The molecule has 0 saturated heterocycles. The van der Waals surface area contributed by atoms with Crippen LogP contribution >= 0.6 is 12.2 Å². The van der Waals surface area contributed by atoms with Gasteiger partial charge in [-0.3, -0.25) is 0 Å². The van der Waals surface area contributed by atoms with Crippen molar-refractivity contribution in [1.82, 2.24) is 0 Å². The zero-order valence-corrected chi connectivity index (χ0v) is 14.1. The van der Waals surface area contributed by atoms with Gasteiger partial charge in [-0.15, -0.1) is 0 Å². The van der Waals surface area contributed by atoms with E-state index in [1.54, 1.807) is 0 Å². The van der Waals surface area contributed by atoms with Crippen molar-refractivity contribution < 1.29 is 4.74 Å². The molecular formula is C21H17NOS. The van der Waals surface area contributed by atoms with E-state index in [2.05, 4.69) is 40.3 Å². The van der Waals surface area contributed by atoms with Crippen molar-refractivity contribution in [3.05, 3.63) is 71.3 Å². The van der Waals surface area contributed by atoms with Gasteiger partial charge in [-0.2, -0.15) is 4.99 Å². The highest BCUT2D eigenvalue weighted by Gasteiger charge is 2.04. The summed E-state index contributed by atoms with van der Waals surface area (Å²) in [7, 11) is 0. The number of thiocarbonyl (C=S) groups is 1. The van der Waals surface area contributed by atoms with Gasteiger partial charge in [0.15, 0.2) is 0 Å². The van der Waals surface area contributed by atoms with Gasteiger partial charge in [-0.1, -0.05) is 17.9 Å². The van der Waals surface area contributed by atoms with E-state index in [-0.39, 0.29) is 0 Å². The molecule has 0 bridgehead atoms. The van der Waals surface area contributed by atoms with Crippen LogP contribution in [0.2, 0.25) is 0 Å². The molecule has 1 aliphatic rings. The standard InChI is InChI=1S/C21H17NOS/c24-16-22-20-11-7-17(8-12-20)5-6-18-9-13-21(14-10-18)23-15-19-3-1-2-4-19/h3,7-14H,1-2,4,15H2. The summed E-state index contributed by atoms with van der Waals surface area (Å²) in [6.45, 7) is 0.696. The van der Waals surface area contributed by atoms with Crippen molar-refractivity contribution in [3.63, 3.8) is 0 Å². The Morgan fingerprint density at radius 3 is 2.21 bits per heavy atom. The van der Waals surface area contributed by atoms with Crippen molar-refractivity contribution >= 4 is 23.1 Å². The summed E-state index contributed by atoms with van der Waals surface area (Å²) >= 11 is 4.58. The molecule has 0 fully saturated rings. The second-order valence-electron chi connectivity index (χ2n) is 5.57. The van der Waals surface area contributed by atoms with Crippen LogP contribution < -0.4 is 4.74 Å². The molecule has 0 atom stereocenters. The van der Waals surface area contributed by atoms with Crippen molar-refractivity contribution in [2.24, 2.45) is 4.99 Å². The topological polar surface area (TPSA) is 21.6 Å². The maximum atomic E-state index is 5.80. The Morgan fingerprint density at radius 1 is 0.958 bits per heavy atom. The van der Waals surface area contributed by atoms with Crippen LogP contribution in [-0.2, 0) is 0 Å². The largest absolute Gasteiger partial charge is 0.489 e. The highest BCUT2D eigenvalue weighted by molar-refractivity contribution is 7.78. The van der Waals surface area contributed by atoms with Gasteiger partial charge in [0.2, 0.25) is 0 Å². The average Bonchev–Trinajstić information content (AvgIpc) is 3.14. The molecule has 0 amide bonds. The van der Waals surface area contributed by atoms with Gasteiger partial charge in [-0.05, 0) is 85.6 Å². The Morgan fingerprint density at radius 2 is 1.62 bits per heavy atom. The van der Waals surface area contributed by atoms with E-state index >= 15 is 0 Å². The molecule has 0 unspecified atom stereocenters. The predicted octanol–water partition coefficient (Wildman–Crippen LogP) is 5.31. The van der Waals surface area contributed by atoms with Gasteiger partial charge in [0.05, 0.1) is 10.8 Å². The predicted molar refractivity (Wildman–Crippen MR) is 101 cm³/mol. The Balaban J connectivity index is 1.60. The summed E-state index contributed by atoms with van der Waals surface area (Å²) in [5.41, 5.74) is 4.09. The molecule has 0 aromatic heterocycles. The van der Waals surface area contributed by atoms with Gasteiger partial charge >= 0.3 is 0 Å². The minimum Gasteiger partial charge on any atom is -0.489 e. The molecule has 1 aliphatic carbocycles. The third kappa shape index (κ3) is 4.67. The molecule has 2 aromatic carbocycles. The third-order valence-electron chi connectivity index (χ3n) is 3.81. The molecule has 3 heteroatoms. The Kier molecular flexibility index (Phi) is 5.58. The molecule has 2 aromatic rings. The van der Waals surface area contributed by atoms with E-state index in [9.17, 15) is 0 Å². The van der Waals surface area contributed by atoms with Crippen LogP contribution in [0.15, 0.2) is 65.2 Å². The molecule has 0 N–H and O–H groups in total. The molecule has 0 heterocycles. The molecular weight excluding hydrogens is 314 g/mol. The average molecular weight is 331 g/mol. The Hall–Kier alpha value is -2.66. The summed E-state index contributed by atoms with van der Waals surface area (Å²) in [4.78, 5) is 3.92. The Labute approximate surface area is 147 Å². The van der Waals surface area contributed by atoms with Crippen LogP contribution in [0.5, 0.6) is 5.75 Å². The van der Waals surface area contributed by atoms with Gasteiger partial charge < -0.3 is 4.74 Å². The summed E-state index contributed by atoms with van der Waals surface area (Å²) < 4.78 is 5.80. The van der Waals surface area contributed by atoms with Crippen LogP contribution in [0.1, 0.15) is 30.4 Å². The molecule has 0 aliphatic heterocycles. The Bertz CT molecular complexity index is 832. The quantitative estimate of drug-likeness (QED) is 0.328. The lowest BCUT2D eigenvalue weighted by atomic mass is 10.1. The van der Waals surface area contributed by atoms with Gasteiger partial charge in [-0.25, -0.2) is 0 Å². The maximum absolute atomic E-state index is 5.80. The van der Waals surface area contributed by atoms with Gasteiger partial charge in [0.1, 0.15) is 12.4 Å². The fourth-order valence-corrected chi connectivity index (χ4v) is 2.60. The number of ether oxygens (including phenoxy) is 1. The monoisotopic (exact) mass is 331 g/mol. The smallest absolute Gasteiger partial charge is 0.119 e. The molecule has 3 rings (SSSR count). The number of hydrogen-bond acceptors (Lipinski definition) is 3. The van der Waals surface area contributed by atoms with E-state index < -0.39 is 0 Å². The summed E-state index contributed by atoms with van der Waals surface area (Å²) in [6.07, 6.45) is 5.89. The van der Waals surface area contributed by atoms with Crippen molar-refractivity contribution in [2.45, 2.75) is 19.3 Å². The first-order valence-corrected chi connectivity index (χ1v) is 8.35. The fourth-order valence-electron chi connectivity index (χ4n) is 2.50. The number of hydrogen-bond donors (Lipinski definition) is 0. The minimum absolute atomic E-state index is 0.696. The number of isothiocyanates is 1. The molecule has 0 spiro atoms. The minimum atomic E-state index is 0.696. The molecule has 2 nitrogen and oxygen atoms in total. The van der Waals surface area contributed by atoms with Crippen molar-refractivity contribution in [1.29, 1.82) is 0 Å². The maximum Gasteiger partial charge on any atom is 0.119 e. The number of rotatable bonds is 4. The normalized spacial score (nSPS) is 12.6. The molecule has 0 radical (unpaired) electrons. The van der Waals surface area contributed by atoms with Crippen LogP contribution in [0.4, 0.5) is 5.69 Å². The van der Waals surface area contributed by atoms with Crippen LogP contribution in [-0.4, -0.2) is 11.8 Å². The van der Waals surface area contributed by atoms with Crippen LogP contribution in [0.25, 0.3) is 0 Å². The lowest BCUT2D eigenvalue weighted by molar-refractivity contribution is 0.349. The highest BCUT2D eigenvalue weighted by Crippen LogP contribution is 2.19. The second-order valence-corrected chi connectivity index (χ2v) is 5.75. The van der Waals surface area contributed by atoms with E-state index in [0.29, 0.717) is 6.61 Å². The van der Waals surface area contributed by atoms with Crippen molar-refractivity contribution in [2.75, 3.05) is 6.61 Å². The zero-order valence-electron chi connectivity index (χ0n) is 13.3. The van der Waals surface area contributed by atoms with Crippen LogP contribution in [0.3, 0.4) is 0 Å². The molecule has 118 valence electrons.